The number of nitrogens with one attached hydrogen (secondary N) is 1. The van der Waals surface area contributed by atoms with Gasteiger partial charge in [-0.2, -0.15) is 0 Å². The van der Waals surface area contributed by atoms with Gasteiger partial charge < -0.3 is 19.7 Å². The molecule has 0 spiro atoms. The van der Waals surface area contributed by atoms with Gasteiger partial charge in [-0.25, -0.2) is 0 Å². The summed E-state index contributed by atoms with van der Waals surface area (Å²) in [5.74, 6) is 0.805. The van der Waals surface area contributed by atoms with Gasteiger partial charge in [0.1, 0.15) is 6.04 Å². The molecule has 0 aliphatic rings. The molecule has 206 valence electrons. The molecule has 4 rings (SSSR count). The summed E-state index contributed by atoms with van der Waals surface area (Å²) in [6.07, 6.45) is 0.509. The zero-order chi connectivity index (χ0) is 28.3. The first-order chi connectivity index (χ1) is 19.5. The Labute approximate surface area is 236 Å². The van der Waals surface area contributed by atoms with E-state index in [0.29, 0.717) is 31.0 Å². The molecule has 0 aliphatic carbocycles. The molecule has 0 aliphatic heterocycles. The molecule has 4 aromatic carbocycles. The van der Waals surface area contributed by atoms with Gasteiger partial charge in [-0.1, -0.05) is 96.6 Å². The number of nitrogens with zero attached hydrogens (tertiary/aromatic N) is 1. The number of benzene rings is 4. The normalized spacial score (nSPS) is 11.4. The Morgan fingerprint density at radius 2 is 1.32 bits per heavy atom. The van der Waals surface area contributed by atoms with E-state index in [0.717, 1.165) is 27.8 Å². The highest BCUT2D eigenvalue weighted by Gasteiger charge is 2.30. The van der Waals surface area contributed by atoms with Gasteiger partial charge in [0.05, 0.1) is 20.6 Å². The minimum absolute atomic E-state index is 0.115. The number of ether oxygens (including phenoxy) is 2. The number of methoxy groups -OCH3 is 2. The monoisotopic (exact) mass is 536 g/mol. The quantitative estimate of drug-likeness (QED) is 0.259. The van der Waals surface area contributed by atoms with Gasteiger partial charge in [0, 0.05) is 19.5 Å². The van der Waals surface area contributed by atoms with Gasteiger partial charge in [0.25, 0.3) is 0 Å². The lowest BCUT2D eigenvalue weighted by Crippen LogP contribution is -2.50. The van der Waals surface area contributed by atoms with E-state index in [9.17, 15) is 9.59 Å². The van der Waals surface area contributed by atoms with E-state index in [1.54, 1.807) is 31.3 Å². The molecule has 0 aromatic heterocycles. The summed E-state index contributed by atoms with van der Waals surface area (Å²) < 4.78 is 10.8. The molecule has 6 heteroatoms. The third-order valence-corrected chi connectivity index (χ3v) is 6.86. The van der Waals surface area contributed by atoms with Crippen LogP contribution in [0.5, 0.6) is 11.5 Å². The van der Waals surface area contributed by atoms with Crippen molar-refractivity contribution >= 4 is 11.8 Å². The summed E-state index contributed by atoms with van der Waals surface area (Å²) in [6.45, 7) is 2.72. The largest absolute Gasteiger partial charge is 0.493 e. The van der Waals surface area contributed by atoms with Crippen molar-refractivity contribution in [2.45, 2.75) is 38.9 Å². The standard InChI is InChI=1S/C34H36N2O4/c1-25-14-16-27(17-15-25)23-35-34(38)30(20-26-10-6-4-7-11-26)36(24-28-12-8-5-9-13-28)33(37)22-29-18-19-31(39-2)32(21-29)40-3/h4-19,21,30H,20,22-24H2,1-3H3,(H,35,38). The average molecular weight is 537 g/mol. The van der Waals surface area contributed by atoms with Crippen LogP contribution in [0.25, 0.3) is 0 Å². The van der Waals surface area contributed by atoms with Gasteiger partial charge in [-0.15, -0.1) is 0 Å². The molecule has 0 saturated heterocycles. The van der Waals surface area contributed by atoms with E-state index in [4.69, 9.17) is 9.47 Å². The van der Waals surface area contributed by atoms with Crippen LogP contribution in [0.15, 0.2) is 103 Å². The van der Waals surface area contributed by atoms with Gasteiger partial charge in [0.15, 0.2) is 11.5 Å². The maximum absolute atomic E-state index is 14.0. The number of rotatable bonds is 12. The fourth-order valence-corrected chi connectivity index (χ4v) is 4.61. The van der Waals surface area contributed by atoms with Crippen molar-refractivity contribution in [3.05, 3.63) is 131 Å². The van der Waals surface area contributed by atoms with Crippen LogP contribution in [0.2, 0.25) is 0 Å². The van der Waals surface area contributed by atoms with Crippen LogP contribution >= 0.6 is 0 Å². The summed E-state index contributed by atoms with van der Waals surface area (Å²) in [4.78, 5) is 29.5. The fraction of sp³-hybridized carbons (Fsp3) is 0.235. The summed E-state index contributed by atoms with van der Waals surface area (Å²) in [7, 11) is 3.15. The van der Waals surface area contributed by atoms with Crippen molar-refractivity contribution < 1.29 is 19.1 Å². The maximum atomic E-state index is 14.0. The predicted molar refractivity (Wildman–Crippen MR) is 157 cm³/mol. The van der Waals surface area contributed by atoms with Gasteiger partial charge in [-0.3, -0.25) is 9.59 Å². The van der Waals surface area contributed by atoms with E-state index < -0.39 is 6.04 Å². The molecule has 1 atom stereocenters. The second-order valence-electron chi connectivity index (χ2n) is 9.78. The number of carbonyl (C=O) groups excluding carboxylic acids is 2. The Hall–Kier alpha value is -4.58. The van der Waals surface area contributed by atoms with E-state index in [1.165, 1.54) is 0 Å². The van der Waals surface area contributed by atoms with E-state index in [-0.39, 0.29) is 18.2 Å². The molecule has 0 bridgehead atoms. The molecule has 4 aromatic rings. The zero-order valence-corrected chi connectivity index (χ0v) is 23.3. The van der Waals surface area contributed by atoms with Crippen LogP contribution in [0.4, 0.5) is 0 Å². The molecule has 40 heavy (non-hydrogen) atoms. The molecule has 6 nitrogen and oxygen atoms in total. The lowest BCUT2D eigenvalue weighted by atomic mass is 10.0. The highest BCUT2D eigenvalue weighted by molar-refractivity contribution is 5.89. The van der Waals surface area contributed by atoms with Crippen molar-refractivity contribution in [1.82, 2.24) is 10.2 Å². The summed E-state index contributed by atoms with van der Waals surface area (Å²) >= 11 is 0. The molecule has 0 saturated carbocycles. The van der Waals surface area contributed by atoms with Crippen molar-refractivity contribution in [2.75, 3.05) is 14.2 Å². The summed E-state index contributed by atoms with van der Waals surface area (Å²) in [5, 5.41) is 3.09. The van der Waals surface area contributed by atoms with Crippen molar-refractivity contribution in [3.63, 3.8) is 0 Å². The molecule has 1 N–H and O–H groups in total. The van der Waals surface area contributed by atoms with Gasteiger partial charge in [0.2, 0.25) is 11.8 Å². The highest BCUT2D eigenvalue weighted by Crippen LogP contribution is 2.28. The van der Waals surface area contributed by atoms with E-state index in [1.807, 2.05) is 97.9 Å². The topological polar surface area (TPSA) is 67.9 Å². The van der Waals surface area contributed by atoms with Crippen LogP contribution in [0, 0.1) is 6.92 Å². The Morgan fingerprint density at radius 1 is 0.725 bits per heavy atom. The molecule has 1 unspecified atom stereocenters. The lowest BCUT2D eigenvalue weighted by Gasteiger charge is -2.32. The molecule has 0 fully saturated rings. The second-order valence-corrected chi connectivity index (χ2v) is 9.78. The van der Waals surface area contributed by atoms with Gasteiger partial charge in [-0.05, 0) is 41.3 Å². The number of carbonyl (C=O) groups is 2. The van der Waals surface area contributed by atoms with E-state index in [2.05, 4.69) is 5.32 Å². The third kappa shape index (κ3) is 7.73. The van der Waals surface area contributed by atoms with Crippen LogP contribution in [0.1, 0.15) is 27.8 Å². The van der Waals surface area contributed by atoms with Crippen LogP contribution in [-0.4, -0.2) is 37.0 Å². The first-order valence-electron chi connectivity index (χ1n) is 13.4. The number of hydrogen-bond acceptors (Lipinski definition) is 4. The summed E-state index contributed by atoms with van der Waals surface area (Å²) in [5.41, 5.74) is 4.87. The first kappa shape index (κ1) is 28.4. The SMILES string of the molecule is COc1ccc(CC(=O)N(Cc2ccccc2)C(Cc2ccccc2)C(=O)NCc2ccc(C)cc2)cc1OC. The zero-order valence-electron chi connectivity index (χ0n) is 23.3. The van der Waals surface area contributed by atoms with Crippen LogP contribution in [0.3, 0.4) is 0 Å². The van der Waals surface area contributed by atoms with Crippen molar-refractivity contribution in [1.29, 1.82) is 0 Å². The molecule has 0 heterocycles. The van der Waals surface area contributed by atoms with Crippen LogP contribution in [-0.2, 0) is 35.5 Å². The van der Waals surface area contributed by atoms with Crippen molar-refractivity contribution in [3.8, 4) is 11.5 Å². The average Bonchev–Trinajstić information content (AvgIpc) is 2.99. The van der Waals surface area contributed by atoms with E-state index >= 15 is 0 Å². The number of amides is 2. The third-order valence-electron chi connectivity index (χ3n) is 6.86. The first-order valence-corrected chi connectivity index (χ1v) is 13.4. The molecular formula is C34H36N2O4. The Bertz CT molecular complexity index is 1390. The minimum atomic E-state index is -0.708. The Kier molecular flexibility index (Phi) is 9.94. The van der Waals surface area contributed by atoms with Crippen LogP contribution < -0.4 is 14.8 Å². The maximum Gasteiger partial charge on any atom is 0.243 e. The molecule has 2 amide bonds. The second kappa shape index (κ2) is 14.0. The Balaban J connectivity index is 1.64. The number of aryl methyl sites for hydroxylation is 1. The minimum Gasteiger partial charge on any atom is -0.493 e. The predicted octanol–water partition coefficient (Wildman–Crippen LogP) is 5.51. The summed E-state index contributed by atoms with van der Waals surface area (Å²) in [6, 6.07) is 32.4. The van der Waals surface area contributed by atoms with Gasteiger partial charge >= 0.3 is 0 Å². The van der Waals surface area contributed by atoms with Crippen molar-refractivity contribution in [2.24, 2.45) is 0 Å². The fourth-order valence-electron chi connectivity index (χ4n) is 4.61. The molecule has 0 radical (unpaired) electrons. The molecular weight excluding hydrogens is 500 g/mol. The number of hydrogen-bond donors (Lipinski definition) is 1. The smallest absolute Gasteiger partial charge is 0.243 e. The Morgan fingerprint density at radius 3 is 1.95 bits per heavy atom. The lowest BCUT2D eigenvalue weighted by molar-refractivity contribution is -0.140. The highest BCUT2D eigenvalue weighted by atomic mass is 16.5.